The third-order valence-corrected chi connectivity index (χ3v) is 3.87. The Bertz CT molecular complexity index is 964. The first-order chi connectivity index (χ1) is 10.8. The van der Waals surface area contributed by atoms with Crippen molar-refractivity contribution in [3.05, 3.63) is 66.9 Å². The molecule has 0 aliphatic heterocycles. The molecule has 5 heteroatoms. The topological polar surface area (TPSA) is 58.3 Å². The van der Waals surface area contributed by atoms with Gasteiger partial charge in [0.2, 0.25) is 0 Å². The minimum absolute atomic E-state index is 0.465. The summed E-state index contributed by atoms with van der Waals surface area (Å²) in [6.45, 7) is 0. The van der Waals surface area contributed by atoms with Crippen LogP contribution in [0, 0.1) is 0 Å². The lowest BCUT2D eigenvalue weighted by molar-refractivity contribution is 0.426. The molecule has 0 fully saturated rings. The third kappa shape index (κ3) is 1.91. The summed E-state index contributed by atoms with van der Waals surface area (Å²) < 4.78 is 2.04. The van der Waals surface area contributed by atoms with Gasteiger partial charge in [0, 0.05) is 17.0 Å². The summed E-state index contributed by atoms with van der Waals surface area (Å²) >= 11 is 0. The number of benzene rings is 2. The second-order valence-electron chi connectivity index (χ2n) is 5.19. The summed E-state index contributed by atoms with van der Waals surface area (Å²) in [5, 5.41) is 21.1. The zero-order valence-electron chi connectivity index (χ0n) is 11.7. The fourth-order valence-corrected chi connectivity index (χ4v) is 2.88. The van der Waals surface area contributed by atoms with Crippen molar-refractivity contribution in [1.29, 1.82) is 0 Å². The number of pyridine rings is 1. The molecule has 0 radical (unpaired) electrons. The van der Waals surface area contributed by atoms with E-state index in [9.17, 15) is 10.0 Å². The molecular weight excluding hydrogens is 275 g/mol. The fraction of sp³-hybridized carbons (Fsp3) is 0. The average Bonchev–Trinajstić information content (AvgIpc) is 2.89. The molecule has 4 nitrogen and oxygen atoms in total. The van der Waals surface area contributed by atoms with E-state index in [1.54, 1.807) is 18.3 Å². The third-order valence-electron chi connectivity index (χ3n) is 3.87. The highest BCUT2D eigenvalue weighted by Crippen LogP contribution is 2.30. The molecule has 2 N–H and O–H groups in total. The van der Waals surface area contributed by atoms with Crippen molar-refractivity contribution in [3.63, 3.8) is 0 Å². The molecule has 4 rings (SSSR count). The van der Waals surface area contributed by atoms with Crippen molar-refractivity contribution >= 4 is 34.4 Å². The van der Waals surface area contributed by atoms with Gasteiger partial charge in [-0.25, -0.2) is 4.98 Å². The average molecular weight is 288 g/mol. The molecule has 106 valence electrons. The van der Waals surface area contributed by atoms with Crippen molar-refractivity contribution in [2.45, 2.75) is 0 Å². The van der Waals surface area contributed by atoms with Crippen LogP contribution in [0.3, 0.4) is 0 Å². The molecule has 0 bridgehead atoms. The normalized spacial score (nSPS) is 11.2. The standard InChI is InChI=1S/C17H13BN2O2/c21-18(22)12-8-9-14-13-5-1-2-6-15(13)20(16(14)11-12)17-7-3-4-10-19-17/h1-11,21-22H. The Morgan fingerprint density at radius 3 is 2.36 bits per heavy atom. The van der Waals surface area contributed by atoms with Crippen molar-refractivity contribution in [2.24, 2.45) is 0 Å². The van der Waals surface area contributed by atoms with Gasteiger partial charge in [-0.05, 0) is 29.7 Å². The molecule has 0 saturated heterocycles. The van der Waals surface area contributed by atoms with Gasteiger partial charge in [0.05, 0.1) is 11.0 Å². The molecule has 0 saturated carbocycles. The van der Waals surface area contributed by atoms with Crippen molar-refractivity contribution in [1.82, 2.24) is 9.55 Å². The second kappa shape index (κ2) is 4.98. The molecule has 2 aromatic carbocycles. The van der Waals surface area contributed by atoms with Crippen LogP contribution in [-0.4, -0.2) is 26.7 Å². The number of fused-ring (bicyclic) bond motifs is 3. The van der Waals surface area contributed by atoms with Gasteiger partial charge in [-0.2, -0.15) is 0 Å². The van der Waals surface area contributed by atoms with E-state index in [1.807, 2.05) is 47.0 Å². The quantitative estimate of drug-likeness (QED) is 0.553. The van der Waals surface area contributed by atoms with E-state index in [-0.39, 0.29) is 0 Å². The Morgan fingerprint density at radius 2 is 1.59 bits per heavy atom. The van der Waals surface area contributed by atoms with E-state index in [0.717, 1.165) is 27.6 Å². The molecule has 0 atom stereocenters. The number of nitrogens with zero attached hydrogens (tertiary/aromatic N) is 2. The summed E-state index contributed by atoms with van der Waals surface area (Å²) in [6, 6.07) is 19.3. The lowest BCUT2D eigenvalue weighted by Crippen LogP contribution is -2.29. The summed E-state index contributed by atoms with van der Waals surface area (Å²) in [4.78, 5) is 4.43. The van der Waals surface area contributed by atoms with Gasteiger partial charge in [0.25, 0.3) is 0 Å². The van der Waals surface area contributed by atoms with Crippen LogP contribution in [0.1, 0.15) is 0 Å². The smallest absolute Gasteiger partial charge is 0.423 e. The van der Waals surface area contributed by atoms with Gasteiger partial charge in [0.1, 0.15) is 5.82 Å². The lowest BCUT2D eigenvalue weighted by Gasteiger charge is -2.07. The number of hydrogen-bond donors (Lipinski definition) is 2. The van der Waals surface area contributed by atoms with Crippen LogP contribution in [0.5, 0.6) is 0 Å². The number of para-hydroxylation sites is 1. The van der Waals surface area contributed by atoms with Crippen LogP contribution in [0.15, 0.2) is 66.9 Å². The van der Waals surface area contributed by atoms with Crippen LogP contribution in [0.4, 0.5) is 0 Å². The number of aromatic nitrogens is 2. The SMILES string of the molecule is OB(O)c1ccc2c3ccccc3n(-c3ccccn3)c2c1. The second-order valence-corrected chi connectivity index (χ2v) is 5.19. The maximum absolute atomic E-state index is 9.45. The van der Waals surface area contributed by atoms with Crippen LogP contribution in [0.25, 0.3) is 27.6 Å². The van der Waals surface area contributed by atoms with Crippen molar-refractivity contribution in [3.8, 4) is 5.82 Å². The highest BCUT2D eigenvalue weighted by atomic mass is 16.4. The summed E-state index contributed by atoms with van der Waals surface area (Å²) in [5.74, 6) is 0.804. The first-order valence-electron chi connectivity index (χ1n) is 7.06. The maximum atomic E-state index is 9.45. The Balaban J connectivity index is 2.16. The van der Waals surface area contributed by atoms with Gasteiger partial charge >= 0.3 is 7.12 Å². The van der Waals surface area contributed by atoms with E-state index < -0.39 is 7.12 Å². The van der Waals surface area contributed by atoms with Crippen LogP contribution < -0.4 is 5.46 Å². The Kier molecular flexibility index (Phi) is 2.96. The Morgan fingerprint density at radius 1 is 0.818 bits per heavy atom. The molecule has 2 aromatic heterocycles. The molecule has 2 heterocycles. The first-order valence-corrected chi connectivity index (χ1v) is 7.06. The predicted molar refractivity (Wildman–Crippen MR) is 88.4 cm³/mol. The van der Waals surface area contributed by atoms with E-state index in [0.29, 0.717) is 5.46 Å². The van der Waals surface area contributed by atoms with E-state index >= 15 is 0 Å². The first kappa shape index (κ1) is 13.1. The molecule has 0 amide bonds. The van der Waals surface area contributed by atoms with Gasteiger partial charge in [-0.3, -0.25) is 4.57 Å². The molecule has 4 aromatic rings. The lowest BCUT2D eigenvalue weighted by atomic mass is 9.80. The van der Waals surface area contributed by atoms with Crippen molar-refractivity contribution in [2.75, 3.05) is 0 Å². The predicted octanol–water partition coefficient (Wildman–Crippen LogP) is 1.86. The molecule has 0 unspecified atom stereocenters. The zero-order valence-corrected chi connectivity index (χ0v) is 11.7. The van der Waals surface area contributed by atoms with Crippen LogP contribution in [-0.2, 0) is 0 Å². The summed E-state index contributed by atoms with van der Waals surface area (Å²) in [5.41, 5.74) is 2.42. The van der Waals surface area contributed by atoms with Crippen molar-refractivity contribution < 1.29 is 10.0 Å². The largest absolute Gasteiger partial charge is 0.488 e. The molecular formula is C17H13BN2O2. The molecule has 0 spiro atoms. The fourth-order valence-electron chi connectivity index (χ4n) is 2.88. The van der Waals surface area contributed by atoms with Gasteiger partial charge in [0.15, 0.2) is 0 Å². The van der Waals surface area contributed by atoms with Crippen LogP contribution in [0.2, 0.25) is 0 Å². The highest BCUT2D eigenvalue weighted by molar-refractivity contribution is 6.59. The minimum Gasteiger partial charge on any atom is -0.423 e. The molecule has 0 aliphatic rings. The minimum atomic E-state index is -1.49. The maximum Gasteiger partial charge on any atom is 0.488 e. The number of rotatable bonds is 2. The van der Waals surface area contributed by atoms with Crippen LogP contribution >= 0.6 is 0 Å². The van der Waals surface area contributed by atoms with E-state index in [4.69, 9.17) is 0 Å². The molecule has 22 heavy (non-hydrogen) atoms. The molecule has 0 aliphatic carbocycles. The monoisotopic (exact) mass is 288 g/mol. The van der Waals surface area contributed by atoms with Gasteiger partial charge in [-0.15, -0.1) is 0 Å². The van der Waals surface area contributed by atoms with E-state index in [2.05, 4.69) is 11.1 Å². The van der Waals surface area contributed by atoms with E-state index in [1.165, 1.54) is 0 Å². The summed E-state index contributed by atoms with van der Waals surface area (Å²) in [7, 11) is -1.49. The summed E-state index contributed by atoms with van der Waals surface area (Å²) in [6.07, 6.45) is 1.75. The Hall–Kier alpha value is -2.63. The van der Waals surface area contributed by atoms with Gasteiger partial charge < -0.3 is 10.0 Å². The van der Waals surface area contributed by atoms with Gasteiger partial charge in [-0.1, -0.05) is 36.4 Å². The number of hydrogen-bond acceptors (Lipinski definition) is 3. The Labute approximate surface area is 127 Å². The highest BCUT2D eigenvalue weighted by Gasteiger charge is 2.16. The zero-order chi connectivity index (χ0) is 15.1.